The summed E-state index contributed by atoms with van der Waals surface area (Å²) in [5.41, 5.74) is 5.29. The molecule has 0 aliphatic heterocycles. The Kier molecular flexibility index (Phi) is 2.81. The molecule has 0 saturated carbocycles. The van der Waals surface area contributed by atoms with Crippen molar-refractivity contribution in [2.75, 3.05) is 0 Å². The first-order valence-electron chi connectivity index (χ1n) is 3.87. The number of nitrogens with two attached hydrogens (primary N) is 1. The molecule has 0 bridgehead atoms. The third-order valence-corrected chi connectivity index (χ3v) is 1.66. The molecule has 0 heterocycles. The Hall–Kier alpha value is -1.91. The molecule has 14 heavy (non-hydrogen) atoms. The molecule has 0 aliphatic carbocycles. The Bertz CT molecular complexity index is 390. The molecular formula is C9H9FN2O2. The van der Waals surface area contributed by atoms with Crippen LogP contribution in [0.1, 0.15) is 15.9 Å². The first-order chi connectivity index (χ1) is 6.50. The van der Waals surface area contributed by atoms with Crippen molar-refractivity contribution >= 4 is 11.9 Å². The van der Waals surface area contributed by atoms with Crippen molar-refractivity contribution in [3.63, 3.8) is 0 Å². The highest BCUT2D eigenvalue weighted by atomic mass is 19.1. The van der Waals surface area contributed by atoms with E-state index in [9.17, 15) is 14.0 Å². The minimum Gasteiger partial charge on any atom is -0.351 e. The van der Waals surface area contributed by atoms with Gasteiger partial charge in [0.2, 0.25) is 0 Å². The number of urea groups is 1. The number of hydrogen-bond acceptors (Lipinski definition) is 2. The molecule has 74 valence electrons. The van der Waals surface area contributed by atoms with Gasteiger partial charge in [-0.05, 0) is 30.7 Å². The Morgan fingerprint density at radius 1 is 1.43 bits per heavy atom. The van der Waals surface area contributed by atoms with Crippen molar-refractivity contribution in [2.24, 2.45) is 5.73 Å². The maximum Gasteiger partial charge on any atom is 0.319 e. The van der Waals surface area contributed by atoms with Crippen LogP contribution in [0.3, 0.4) is 0 Å². The molecule has 1 aromatic carbocycles. The van der Waals surface area contributed by atoms with Crippen LogP contribution in [0.4, 0.5) is 9.18 Å². The van der Waals surface area contributed by atoms with Crippen LogP contribution in [0.25, 0.3) is 0 Å². The number of primary amides is 1. The van der Waals surface area contributed by atoms with E-state index < -0.39 is 17.8 Å². The standard InChI is InChI=1S/C9H9FN2O2/c1-5-4-6(2-3-7(5)10)8(13)12-9(11)14/h2-4H,1H3,(H3,11,12,13,14). The molecular weight excluding hydrogens is 187 g/mol. The highest BCUT2D eigenvalue weighted by Crippen LogP contribution is 2.08. The lowest BCUT2D eigenvalue weighted by molar-refractivity contribution is 0.0966. The second-order valence-corrected chi connectivity index (χ2v) is 2.78. The van der Waals surface area contributed by atoms with Crippen molar-refractivity contribution in [1.82, 2.24) is 5.32 Å². The van der Waals surface area contributed by atoms with Gasteiger partial charge in [-0.1, -0.05) is 0 Å². The average molecular weight is 196 g/mol. The molecule has 0 spiro atoms. The molecule has 4 nitrogen and oxygen atoms in total. The SMILES string of the molecule is Cc1cc(C(=O)NC(N)=O)ccc1F. The second-order valence-electron chi connectivity index (χ2n) is 2.78. The summed E-state index contributed by atoms with van der Waals surface area (Å²) in [5, 5.41) is 1.88. The van der Waals surface area contributed by atoms with E-state index in [1.807, 2.05) is 5.32 Å². The fourth-order valence-corrected chi connectivity index (χ4v) is 0.970. The number of rotatable bonds is 1. The van der Waals surface area contributed by atoms with Crippen LogP contribution < -0.4 is 11.1 Å². The molecule has 0 unspecified atom stereocenters. The Morgan fingerprint density at radius 3 is 2.57 bits per heavy atom. The quantitative estimate of drug-likeness (QED) is 0.701. The van der Waals surface area contributed by atoms with Gasteiger partial charge in [0, 0.05) is 5.56 Å². The maximum absolute atomic E-state index is 12.8. The van der Waals surface area contributed by atoms with E-state index in [1.54, 1.807) is 0 Å². The van der Waals surface area contributed by atoms with Gasteiger partial charge >= 0.3 is 6.03 Å². The minimum absolute atomic E-state index is 0.197. The monoisotopic (exact) mass is 196 g/mol. The lowest BCUT2D eigenvalue weighted by atomic mass is 10.1. The van der Waals surface area contributed by atoms with Crippen molar-refractivity contribution in [3.8, 4) is 0 Å². The fourth-order valence-electron chi connectivity index (χ4n) is 0.970. The first kappa shape index (κ1) is 10.2. The summed E-state index contributed by atoms with van der Waals surface area (Å²) >= 11 is 0. The van der Waals surface area contributed by atoms with Crippen molar-refractivity contribution in [2.45, 2.75) is 6.92 Å². The van der Waals surface area contributed by atoms with Crippen LogP contribution in [-0.4, -0.2) is 11.9 Å². The van der Waals surface area contributed by atoms with Crippen LogP contribution >= 0.6 is 0 Å². The summed E-state index contributed by atoms with van der Waals surface area (Å²) in [4.78, 5) is 21.5. The number of carbonyl (C=O) groups is 2. The zero-order chi connectivity index (χ0) is 10.7. The summed E-state index contributed by atoms with van der Waals surface area (Å²) < 4.78 is 12.8. The van der Waals surface area contributed by atoms with Gasteiger partial charge in [-0.25, -0.2) is 9.18 Å². The van der Waals surface area contributed by atoms with Crippen LogP contribution in [0.5, 0.6) is 0 Å². The van der Waals surface area contributed by atoms with Crippen LogP contribution in [0.2, 0.25) is 0 Å². The van der Waals surface area contributed by atoms with E-state index in [-0.39, 0.29) is 5.56 Å². The van der Waals surface area contributed by atoms with Crippen LogP contribution in [0.15, 0.2) is 18.2 Å². The number of hydrogen-bond donors (Lipinski definition) is 2. The van der Waals surface area contributed by atoms with Gasteiger partial charge in [-0.15, -0.1) is 0 Å². The molecule has 0 atom stereocenters. The van der Waals surface area contributed by atoms with Crippen LogP contribution in [-0.2, 0) is 0 Å². The van der Waals surface area contributed by atoms with E-state index in [1.165, 1.54) is 19.1 Å². The Morgan fingerprint density at radius 2 is 2.07 bits per heavy atom. The average Bonchev–Trinajstić information content (AvgIpc) is 2.08. The third-order valence-electron chi connectivity index (χ3n) is 1.66. The second kappa shape index (κ2) is 3.87. The molecule has 3 amide bonds. The van der Waals surface area contributed by atoms with Gasteiger partial charge in [0.15, 0.2) is 0 Å². The summed E-state index contributed by atoms with van der Waals surface area (Å²) in [6.07, 6.45) is 0. The molecule has 0 fully saturated rings. The topological polar surface area (TPSA) is 72.2 Å². The van der Waals surface area contributed by atoms with Crippen molar-refractivity contribution in [1.29, 1.82) is 0 Å². The first-order valence-corrected chi connectivity index (χ1v) is 3.87. The summed E-state index contributed by atoms with van der Waals surface area (Å²) in [5.74, 6) is -1.04. The van der Waals surface area contributed by atoms with E-state index in [0.717, 1.165) is 6.07 Å². The van der Waals surface area contributed by atoms with Gasteiger partial charge in [-0.3, -0.25) is 10.1 Å². The third kappa shape index (κ3) is 2.29. The van der Waals surface area contributed by atoms with E-state index >= 15 is 0 Å². The van der Waals surface area contributed by atoms with Crippen LogP contribution in [0, 0.1) is 12.7 Å². The van der Waals surface area contributed by atoms with E-state index in [0.29, 0.717) is 5.56 Å². The summed E-state index contributed by atoms with van der Waals surface area (Å²) in [6.45, 7) is 1.52. The Balaban J connectivity index is 2.91. The Labute approximate surface area is 79.9 Å². The van der Waals surface area contributed by atoms with Crippen molar-refractivity contribution < 1.29 is 14.0 Å². The molecule has 3 N–H and O–H groups in total. The lowest BCUT2D eigenvalue weighted by Crippen LogP contribution is -2.34. The van der Waals surface area contributed by atoms with Gasteiger partial charge in [0.05, 0.1) is 0 Å². The molecule has 1 aromatic rings. The predicted octanol–water partition coefficient (Wildman–Crippen LogP) is 0.943. The smallest absolute Gasteiger partial charge is 0.319 e. The van der Waals surface area contributed by atoms with Gasteiger partial charge in [0.25, 0.3) is 5.91 Å². The van der Waals surface area contributed by atoms with Gasteiger partial charge in [0.1, 0.15) is 5.82 Å². The fraction of sp³-hybridized carbons (Fsp3) is 0.111. The summed E-state index contributed by atoms with van der Waals surface area (Å²) in [6, 6.07) is 2.84. The van der Waals surface area contributed by atoms with E-state index in [4.69, 9.17) is 5.73 Å². The molecule has 0 aliphatic rings. The minimum atomic E-state index is -0.933. The predicted molar refractivity (Wildman–Crippen MR) is 48.2 cm³/mol. The number of aryl methyl sites for hydroxylation is 1. The maximum atomic E-state index is 12.8. The zero-order valence-corrected chi connectivity index (χ0v) is 7.50. The van der Waals surface area contributed by atoms with E-state index in [2.05, 4.69) is 0 Å². The number of benzene rings is 1. The highest BCUT2D eigenvalue weighted by molar-refractivity contribution is 6.03. The highest BCUT2D eigenvalue weighted by Gasteiger charge is 2.08. The number of halogens is 1. The largest absolute Gasteiger partial charge is 0.351 e. The summed E-state index contributed by atoms with van der Waals surface area (Å²) in [7, 11) is 0. The number of amides is 3. The van der Waals surface area contributed by atoms with Crippen molar-refractivity contribution in [3.05, 3.63) is 35.1 Å². The molecule has 0 radical (unpaired) electrons. The van der Waals surface area contributed by atoms with Gasteiger partial charge in [-0.2, -0.15) is 0 Å². The number of carbonyl (C=O) groups excluding carboxylic acids is 2. The molecule has 5 heteroatoms. The lowest BCUT2D eigenvalue weighted by Gasteiger charge is -2.02. The number of nitrogens with one attached hydrogen (secondary N) is 1. The normalized spacial score (nSPS) is 9.57. The molecule has 0 saturated heterocycles. The van der Waals surface area contributed by atoms with Gasteiger partial charge < -0.3 is 5.73 Å². The molecule has 0 aromatic heterocycles. The molecule has 1 rings (SSSR count). The number of imide groups is 1. The zero-order valence-electron chi connectivity index (χ0n) is 7.50.